The van der Waals surface area contributed by atoms with Crippen molar-refractivity contribution in [3.63, 3.8) is 0 Å². The molecule has 0 fully saturated rings. The minimum atomic E-state index is -1.07. The lowest BCUT2D eigenvalue weighted by Crippen LogP contribution is -2.35. The van der Waals surface area contributed by atoms with Crippen LogP contribution >= 0.6 is 0 Å². The third kappa shape index (κ3) is 7.99. The summed E-state index contributed by atoms with van der Waals surface area (Å²) in [5.41, 5.74) is 3.64. The van der Waals surface area contributed by atoms with Crippen LogP contribution in [0, 0.1) is 51.2 Å². The normalized spacial score (nSPS) is 20.2. The van der Waals surface area contributed by atoms with Gasteiger partial charge in [-0.25, -0.2) is 8.78 Å². The first kappa shape index (κ1) is 27.7. The molecule has 72 heavy (non-hydrogen) atoms. The predicted octanol–water partition coefficient (Wildman–Crippen LogP) is 18.2. The molecule has 8 aromatic carbocycles. The quantitative estimate of drug-likeness (QED) is 0.135. The topological polar surface area (TPSA) is 6.48 Å². The van der Waals surface area contributed by atoms with E-state index in [0.29, 0.717) is 33.9 Å². The van der Waals surface area contributed by atoms with Crippen LogP contribution in [0.25, 0.3) is 44.5 Å². The first-order valence-corrected chi connectivity index (χ1v) is 23.1. The Kier molecular flexibility index (Phi) is 7.04. The van der Waals surface area contributed by atoms with Crippen molar-refractivity contribution in [2.75, 3.05) is 9.80 Å². The summed E-state index contributed by atoms with van der Waals surface area (Å²) in [6.45, 7) is 7.34. The lowest BCUT2D eigenvalue weighted by atomic mass is 9.63. The SMILES string of the molecule is [2H]c1c([2H])c([2H])c(-c2cc(F)c(N(C3=CC=C4C=CC5=C(N(c6cc(C)cc(C)c6)c6c(F)cc(-c7c([2H])c([2H])c([2H])c([2H])c7[2H])cc6-c6c([2H])c([2H])c([2H])c([2H])c6[2H])C=CC6=CC=C3C4C65)c3cc(C)cc(C)c3)c(-c3c([2H])c([2H])c([2H])c([2H])c3[2H])c2)c([2H])c1[2H]. The van der Waals surface area contributed by atoms with E-state index in [2.05, 4.69) is 0 Å². The third-order valence-corrected chi connectivity index (χ3v) is 13.2. The van der Waals surface area contributed by atoms with Gasteiger partial charge in [-0.3, -0.25) is 0 Å². The summed E-state index contributed by atoms with van der Waals surface area (Å²) in [6.07, 6.45) is 14.7. The maximum absolute atomic E-state index is 18.6. The van der Waals surface area contributed by atoms with Gasteiger partial charge in [-0.15, -0.1) is 0 Å². The monoisotopic (exact) mass is 955 g/mol. The second-order valence-electron chi connectivity index (χ2n) is 18.0. The number of halogens is 2. The Morgan fingerprint density at radius 1 is 0.389 bits per heavy atom. The molecule has 0 aromatic heterocycles. The number of rotatable bonds is 10. The molecule has 2 unspecified atom stereocenters. The van der Waals surface area contributed by atoms with Crippen molar-refractivity contribution >= 4 is 22.7 Å². The molecule has 4 heteroatoms. The summed E-state index contributed by atoms with van der Waals surface area (Å²) in [4.78, 5) is 3.16. The predicted molar refractivity (Wildman–Crippen MR) is 295 cm³/mol. The lowest BCUT2D eigenvalue weighted by Gasteiger charge is -2.45. The average molecular weight is 955 g/mol. The van der Waals surface area contributed by atoms with Crippen molar-refractivity contribution in [2.45, 2.75) is 27.7 Å². The van der Waals surface area contributed by atoms with Gasteiger partial charge in [0.15, 0.2) is 0 Å². The van der Waals surface area contributed by atoms with Gasteiger partial charge in [0.25, 0.3) is 0 Å². The number of hydrogen-bond acceptors (Lipinski definition) is 2. The average Bonchev–Trinajstić information content (AvgIpc) is 0.725. The molecule has 4 aliphatic rings. The molecule has 0 N–H and O–H groups in total. The zero-order valence-electron chi connectivity index (χ0n) is 59.2. The van der Waals surface area contributed by atoms with Gasteiger partial charge in [-0.2, -0.15) is 0 Å². The maximum atomic E-state index is 18.6. The van der Waals surface area contributed by atoms with Crippen LogP contribution in [0.2, 0.25) is 0 Å². The Balaban J connectivity index is 1.12. The van der Waals surface area contributed by atoms with Crippen LogP contribution < -0.4 is 9.80 Å². The van der Waals surface area contributed by atoms with Crippen molar-refractivity contribution in [3.05, 3.63) is 298 Å². The van der Waals surface area contributed by atoms with Gasteiger partial charge >= 0.3 is 0 Å². The standard InChI is InChI=1S/C68H52F2N2/c1-43-33-44(2)36-55(35-43)71(67-59(49-21-13-7-14-22-49)39-53(41-61(67)69)47-17-9-5-10-18-47)63-31-27-51-26-30-58-64(32-28-52-25-29-57(63)65(51)66(52)58)72(56-37-45(3)34-46(4)38-56)68-60(50-23-15-8-16-24-50)40-54(42-62(68)70)48-19-11-6-12-20-48/h5-42,65-66H,1-4H3/i5D,6D,7D,8D,9D,10D,11D,12D,13D,14D,15D,16D,17D,18D,19D,20D,21D,22D,23D,24D. The fourth-order valence-electron chi connectivity index (χ4n) is 10.5. The van der Waals surface area contributed by atoms with E-state index in [9.17, 15) is 5.48 Å². The summed E-state index contributed by atoms with van der Waals surface area (Å²) in [7, 11) is 0. The van der Waals surface area contributed by atoms with Crippen LogP contribution in [0.1, 0.15) is 49.7 Å². The molecule has 0 radical (unpaired) electrons. The molecule has 0 heterocycles. The highest BCUT2D eigenvalue weighted by Gasteiger charge is 2.43. The molecular formula is C68H52F2N2. The maximum Gasteiger partial charge on any atom is 0.148 e. The Labute approximate surface area is 449 Å². The number of benzene rings is 8. The van der Waals surface area contributed by atoms with E-state index < -0.39 is 167 Å². The number of aryl methyl sites for hydroxylation is 4. The third-order valence-electron chi connectivity index (χ3n) is 13.2. The zero-order chi connectivity index (χ0) is 66.4. The van der Waals surface area contributed by atoms with E-state index in [1.54, 1.807) is 46.2 Å². The summed E-state index contributed by atoms with van der Waals surface area (Å²) in [5, 5.41) is 0. The highest BCUT2D eigenvalue weighted by molar-refractivity contribution is 5.92. The van der Waals surface area contributed by atoms with Gasteiger partial charge in [0.1, 0.15) is 11.6 Å². The van der Waals surface area contributed by atoms with Crippen molar-refractivity contribution in [3.8, 4) is 44.5 Å². The molecule has 4 aliphatic carbocycles. The molecule has 0 saturated carbocycles. The lowest BCUT2D eigenvalue weighted by molar-refractivity contribution is 0.550. The van der Waals surface area contributed by atoms with Crippen molar-refractivity contribution in [1.82, 2.24) is 0 Å². The van der Waals surface area contributed by atoms with Gasteiger partial charge in [-0.05, 0) is 166 Å². The van der Waals surface area contributed by atoms with Crippen LogP contribution in [0.15, 0.2) is 264 Å². The molecule has 8 aromatic rings. The van der Waals surface area contributed by atoms with Gasteiger partial charge in [0.2, 0.25) is 0 Å². The highest BCUT2D eigenvalue weighted by Crippen LogP contribution is 2.56. The van der Waals surface area contributed by atoms with Crippen molar-refractivity contribution in [1.29, 1.82) is 0 Å². The molecule has 0 spiro atoms. The number of nitrogens with zero attached hydrogens (tertiary/aromatic N) is 2. The number of hydrogen-bond donors (Lipinski definition) is 0. The molecule has 0 saturated heterocycles. The first-order valence-electron chi connectivity index (χ1n) is 33.1. The molecule has 0 amide bonds. The smallest absolute Gasteiger partial charge is 0.148 e. The Hall–Kier alpha value is -8.60. The second kappa shape index (κ2) is 18.3. The summed E-state index contributed by atoms with van der Waals surface area (Å²) in [5.74, 6) is -3.44. The van der Waals surface area contributed by atoms with Crippen LogP contribution in [0.3, 0.4) is 0 Å². The van der Waals surface area contributed by atoms with Crippen molar-refractivity contribution in [2.24, 2.45) is 11.8 Å². The van der Waals surface area contributed by atoms with Gasteiger partial charge < -0.3 is 9.80 Å². The van der Waals surface area contributed by atoms with E-state index in [1.165, 1.54) is 12.1 Å². The Bertz CT molecular complexity index is 4760. The molecule has 2 nitrogen and oxygen atoms in total. The fraction of sp³-hybridized carbons (Fsp3) is 0.0882. The second-order valence-corrected chi connectivity index (χ2v) is 18.0. The van der Waals surface area contributed by atoms with E-state index in [-0.39, 0.29) is 33.6 Å². The largest absolute Gasteiger partial charge is 0.307 e. The van der Waals surface area contributed by atoms with Crippen LogP contribution in [0.4, 0.5) is 31.5 Å². The van der Waals surface area contributed by atoms with E-state index in [1.807, 2.05) is 76.3 Å². The summed E-state index contributed by atoms with van der Waals surface area (Å²) >= 11 is 0. The molecule has 12 rings (SSSR count). The molecule has 0 aliphatic heterocycles. The zero-order valence-corrected chi connectivity index (χ0v) is 39.2. The van der Waals surface area contributed by atoms with E-state index in [0.717, 1.165) is 45.5 Å². The van der Waals surface area contributed by atoms with Crippen molar-refractivity contribution < 1.29 is 36.2 Å². The van der Waals surface area contributed by atoms with E-state index >= 15 is 8.78 Å². The number of anilines is 4. The van der Waals surface area contributed by atoms with E-state index in [4.69, 9.17) is 21.9 Å². The number of allylic oxidation sites excluding steroid dienone is 12. The van der Waals surface area contributed by atoms with Crippen LogP contribution in [-0.4, -0.2) is 0 Å². The molecule has 348 valence electrons. The summed E-state index contributed by atoms with van der Waals surface area (Å²) < 4.78 is 213. The van der Waals surface area contributed by atoms with Gasteiger partial charge in [0.05, 0.1) is 50.2 Å². The van der Waals surface area contributed by atoms with Crippen LogP contribution in [0.5, 0.6) is 0 Å². The van der Waals surface area contributed by atoms with Gasteiger partial charge in [-0.1, -0.05) is 169 Å². The minimum Gasteiger partial charge on any atom is -0.307 e. The Morgan fingerprint density at radius 2 is 0.806 bits per heavy atom. The van der Waals surface area contributed by atoms with Gasteiger partial charge in [0, 0.05) is 34.3 Å². The molecule has 0 bridgehead atoms. The fourth-order valence-corrected chi connectivity index (χ4v) is 10.5. The Morgan fingerprint density at radius 3 is 1.31 bits per heavy atom. The molecule has 2 atom stereocenters. The highest BCUT2D eigenvalue weighted by atomic mass is 19.1. The molecular weight excluding hydrogens is 883 g/mol. The summed E-state index contributed by atoms with van der Waals surface area (Å²) in [6, 6.07) is 1.22. The first-order chi connectivity index (χ1) is 43.4. The minimum absolute atomic E-state index is 0.244. The van der Waals surface area contributed by atoms with Crippen LogP contribution in [-0.2, 0) is 0 Å².